The molecule has 3 heterocycles. The van der Waals surface area contributed by atoms with Gasteiger partial charge < -0.3 is 34.5 Å². The Labute approximate surface area is 257 Å². The number of piperazine rings is 1. The second kappa shape index (κ2) is 12.7. The van der Waals surface area contributed by atoms with E-state index in [2.05, 4.69) is 5.92 Å². The van der Waals surface area contributed by atoms with Crippen molar-refractivity contribution < 1.29 is 28.8 Å². The van der Waals surface area contributed by atoms with E-state index in [1.165, 1.54) is 0 Å². The number of quaternary nitrogens is 1. The second-order valence-electron chi connectivity index (χ2n) is 11.7. The largest absolute Gasteiger partial charge is 0.621 e. The molecule has 3 aliphatic heterocycles. The highest BCUT2D eigenvalue weighted by Gasteiger charge is 2.54. The molecule has 1 N–H and O–H groups in total. The number of carbonyl (C=O) groups is 2. The predicted molar refractivity (Wildman–Crippen MR) is 162 cm³/mol. The SMILES string of the molecule is C#CCOC1CCC(N2CC[N+]([O-])(C(=O)O)C(N3CC4=CN(Cc5ccc(Oc6ccccc6)cc5)C=CN4C3)C2=O)CC1. The van der Waals surface area contributed by atoms with Crippen molar-refractivity contribution in [2.75, 3.05) is 32.9 Å². The molecule has 2 aromatic rings. The second-order valence-corrected chi connectivity index (χ2v) is 11.7. The van der Waals surface area contributed by atoms with Crippen LogP contribution < -0.4 is 4.74 Å². The van der Waals surface area contributed by atoms with Gasteiger partial charge in [-0.15, -0.1) is 6.42 Å². The normalized spacial score (nSPS) is 27.1. The van der Waals surface area contributed by atoms with Crippen LogP contribution in [-0.4, -0.2) is 92.6 Å². The molecule has 0 spiro atoms. The lowest BCUT2D eigenvalue weighted by Gasteiger charge is -2.52. The molecule has 11 nitrogen and oxygen atoms in total. The molecule has 2 amide bonds. The smallest absolute Gasteiger partial charge is 0.515 e. The quantitative estimate of drug-likeness (QED) is 0.270. The van der Waals surface area contributed by atoms with Gasteiger partial charge in [0.25, 0.3) is 5.91 Å². The summed E-state index contributed by atoms with van der Waals surface area (Å²) in [5, 5.41) is 23.7. The van der Waals surface area contributed by atoms with Crippen LogP contribution >= 0.6 is 0 Å². The van der Waals surface area contributed by atoms with Crippen molar-refractivity contribution in [3.05, 3.63) is 89.7 Å². The van der Waals surface area contributed by atoms with E-state index in [-0.39, 0.29) is 45.1 Å². The van der Waals surface area contributed by atoms with E-state index in [9.17, 15) is 19.9 Å². The molecule has 11 heteroatoms. The van der Waals surface area contributed by atoms with Crippen molar-refractivity contribution in [1.29, 1.82) is 0 Å². The molecule has 3 fully saturated rings. The fraction of sp³-hybridized carbons (Fsp3) is 0.394. The van der Waals surface area contributed by atoms with E-state index in [1.807, 2.05) is 83.0 Å². The summed E-state index contributed by atoms with van der Waals surface area (Å²) in [6.45, 7) is 1.35. The number of hydroxylamine groups is 3. The lowest BCUT2D eigenvalue weighted by Crippen LogP contribution is -2.73. The third-order valence-electron chi connectivity index (χ3n) is 8.82. The maximum absolute atomic E-state index is 13.9. The minimum atomic E-state index is -1.60. The molecule has 2 aromatic carbocycles. The molecule has 2 atom stereocenters. The van der Waals surface area contributed by atoms with Crippen molar-refractivity contribution >= 4 is 12.0 Å². The van der Waals surface area contributed by atoms with Crippen molar-refractivity contribution in [2.24, 2.45) is 0 Å². The number of para-hydroxylation sites is 1. The Balaban J connectivity index is 1.11. The van der Waals surface area contributed by atoms with Gasteiger partial charge in [-0.1, -0.05) is 36.3 Å². The van der Waals surface area contributed by atoms with Crippen molar-refractivity contribution in [3.63, 3.8) is 0 Å². The summed E-state index contributed by atoms with van der Waals surface area (Å²) in [6.07, 6.45) is 11.3. The highest BCUT2D eigenvalue weighted by atomic mass is 16.6. The Morgan fingerprint density at radius 2 is 1.77 bits per heavy atom. The maximum Gasteiger partial charge on any atom is 0.515 e. The number of carboxylic acid groups (broad SMARTS) is 1. The third-order valence-corrected chi connectivity index (χ3v) is 8.82. The standard InChI is InChI=1S/C33H37N5O6/c1-2-20-43-28-14-10-26(11-15-28)37-18-19-38(42,33(40)41)31(32(37)39)36-23-27-22-34(16-17-35(27)24-36)21-25-8-12-30(13-9-25)44-29-6-4-3-5-7-29/h1,3-9,12-13,16-17,22,26,28,31H,10-11,14-15,18-21,23-24H2,(H,40,41). The Hall–Kier alpha value is -4.34. The van der Waals surface area contributed by atoms with E-state index >= 15 is 0 Å². The minimum Gasteiger partial charge on any atom is -0.621 e. The van der Waals surface area contributed by atoms with Crippen LogP contribution in [0.1, 0.15) is 31.2 Å². The van der Waals surface area contributed by atoms with Gasteiger partial charge in [-0.05, 0) is 55.5 Å². The van der Waals surface area contributed by atoms with Crippen LogP contribution in [0.25, 0.3) is 0 Å². The number of rotatable bonds is 8. The summed E-state index contributed by atoms with van der Waals surface area (Å²) in [6, 6.07) is 17.4. The summed E-state index contributed by atoms with van der Waals surface area (Å²) in [5.41, 5.74) is 1.97. The zero-order valence-corrected chi connectivity index (χ0v) is 24.5. The number of benzene rings is 2. The molecule has 1 saturated carbocycles. The van der Waals surface area contributed by atoms with E-state index in [4.69, 9.17) is 15.9 Å². The molecule has 44 heavy (non-hydrogen) atoms. The van der Waals surface area contributed by atoms with Gasteiger partial charge >= 0.3 is 6.09 Å². The molecule has 0 radical (unpaired) electrons. The molecule has 2 unspecified atom stereocenters. The lowest BCUT2D eigenvalue weighted by atomic mass is 9.91. The molecule has 2 saturated heterocycles. The zero-order valence-electron chi connectivity index (χ0n) is 24.5. The summed E-state index contributed by atoms with van der Waals surface area (Å²) in [4.78, 5) is 33.6. The molecule has 6 rings (SSSR count). The van der Waals surface area contributed by atoms with Gasteiger partial charge in [0.2, 0.25) is 6.17 Å². The molecule has 0 aromatic heterocycles. The predicted octanol–water partition coefficient (Wildman–Crippen LogP) is 4.30. The maximum atomic E-state index is 13.9. The van der Waals surface area contributed by atoms with Crippen LogP contribution in [0.2, 0.25) is 0 Å². The van der Waals surface area contributed by atoms with Gasteiger partial charge in [0.05, 0.1) is 19.3 Å². The van der Waals surface area contributed by atoms with E-state index in [0.29, 0.717) is 6.54 Å². The highest BCUT2D eigenvalue weighted by molar-refractivity contribution is 5.83. The summed E-state index contributed by atoms with van der Waals surface area (Å²) in [7, 11) is 0. The number of nitrogens with zero attached hydrogens (tertiary/aromatic N) is 5. The van der Waals surface area contributed by atoms with Crippen LogP contribution in [-0.2, 0) is 16.1 Å². The van der Waals surface area contributed by atoms with Gasteiger partial charge in [0, 0.05) is 43.4 Å². The van der Waals surface area contributed by atoms with Gasteiger partial charge in [-0.3, -0.25) is 4.79 Å². The number of hydrogen-bond acceptors (Lipinski definition) is 8. The first-order valence-electron chi connectivity index (χ1n) is 15.0. The fourth-order valence-corrected chi connectivity index (χ4v) is 6.54. The monoisotopic (exact) mass is 599 g/mol. The molecule has 4 aliphatic rings. The Bertz CT molecular complexity index is 1450. The van der Waals surface area contributed by atoms with Gasteiger partial charge in [0.1, 0.15) is 24.7 Å². The van der Waals surface area contributed by atoms with E-state index in [0.717, 1.165) is 48.4 Å². The average molecular weight is 600 g/mol. The first kappa shape index (κ1) is 29.7. The summed E-state index contributed by atoms with van der Waals surface area (Å²) in [5.74, 6) is 3.60. The third kappa shape index (κ3) is 6.16. The number of terminal acetylenes is 1. The summed E-state index contributed by atoms with van der Waals surface area (Å²) >= 11 is 0. The Morgan fingerprint density at radius 1 is 1.05 bits per heavy atom. The molecular formula is C33H37N5O6. The van der Waals surface area contributed by atoms with E-state index < -0.39 is 22.8 Å². The van der Waals surface area contributed by atoms with Crippen LogP contribution in [0.5, 0.6) is 11.5 Å². The first-order valence-corrected chi connectivity index (χ1v) is 15.0. The zero-order chi connectivity index (χ0) is 30.7. The Kier molecular flexibility index (Phi) is 8.59. The van der Waals surface area contributed by atoms with Crippen LogP contribution in [0.15, 0.2) is 78.9 Å². The van der Waals surface area contributed by atoms with Crippen LogP contribution in [0.3, 0.4) is 0 Å². The van der Waals surface area contributed by atoms with Gasteiger partial charge in [0.15, 0.2) is 0 Å². The van der Waals surface area contributed by atoms with Crippen molar-refractivity contribution in [1.82, 2.24) is 19.6 Å². The molecule has 0 bridgehead atoms. The van der Waals surface area contributed by atoms with Gasteiger partial charge in [-0.25, -0.2) is 9.55 Å². The van der Waals surface area contributed by atoms with Crippen LogP contribution in [0.4, 0.5) is 4.79 Å². The fourth-order valence-electron chi connectivity index (χ4n) is 6.54. The Morgan fingerprint density at radius 3 is 2.48 bits per heavy atom. The van der Waals surface area contributed by atoms with Crippen molar-refractivity contribution in [3.8, 4) is 23.8 Å². The number of carbonyl (C=O) groups excluding carboxylic acids is 1. The molecule has 1 aliphatic carbocycles. The minimum absolute atomic E-state index is 0.0532. The van der Waals surface area contributed by atoms with Gasteiger partial charge in [-0.2, -0.15) is 4.79 Å². The topological polar surface area (TPSA) is 109 Å². The van der Waals surface area contributed by atoms with Crippen molar-refractivity contribution in [2.45, 2.75) is 50.5 Å². The summed E-state index contributed by atoms with van der Waals surface area (Å²) < 4.78 is 9.98. The number of hydrogen-bond donors (Lipinski definition) is 1. The average Bonchev–Trinajstić information content (AvgIpc) is 3.44. The number of ether oxygens (including phenoxy) is 2. The first-order chi connectivity index (χ1) is 21.3. The lowest BCUT2D eigenvalue weighted by molar-refractivity contribution is -0.841. The van der Waals surface area contributed by atoms with E-state index in [1.54, 1.807) is 9.80 Å². The highest BCUT2D eigenvalue weighted by Crippen LogP contribution is 2.34. The number of amides is 2. The number of fused-ring (bicyclic) bond motifs is 1. The molecular weight excluding hydrogens is 562 g/mol. The molecule has 230 valence electrons. The van der Waals surface area contributed by atoms with Crippen LogP contribution in [0, 0.1) is 17.6 Å².